The number of likely N-dealkylation sites (tertiary alicyclic amines) is 1. The van der Waals surface area contributed by atoms with Crippen LogP contribution in [0.1, 0.15) is 5.56 Å². The van der Waals surface area contributed by atoms with Crippen molar-refractivity contribution in [3.05, 3.63) is 29.8 Å². The van der Waals surface area contributed by atoms with Crippen LogP contribution in [0.5, 0.6) is 5.75 Å². The van der Waals surface area contributed by atoms with Gasteiger partial charge in [0.1, 0.15) is 11.8 Å². The topological polar surface area (TPSA) is 55.6 Å². The summed E-state index contributed by atoms with van der Waals surface area (Å²) in [7, 11) is 1.63. The van der Waals surface area contributed by atoms with Crippen LogP contribution in [0.3, 0.4) is 0 Å². The van der Waals surface area contributed by atoms with Gasteiger partial charge in [-0.3, -0.25) is 4.79 Å². The number of nitrogens with zero attached hydrogens (tertiary/aromatic N) is 1. The van der Waals surface area contributed by atoms with Crippen LogP contribution in [0.15, 0.2) is 24.3 Å². The lowest BCUT2D eigenvalue weighted by atomic mass is 10.1. The SMILES string of the molecule is COc1ccc(CN2CC(N)C2=O)cc1. The van der Waals surface area contributed by atoms with Gasteiger partial charge in [0.15, 0.2) is 0 Å². The molecule has 1 unspecified atom stereocenters. The first-order valence-corrected chi connectivity index (χ1v) is 4.88. The number of ether oxygens (including phenoxy) is 1. The minimum atomic E-state index is -0.289. The molecule has 4 nitrogen and oxygen atoms in total. The van der Waals surface area contributed by atoms with Crippen LogP contribution in [-0.2, 0) is 11.3 Å². The molecule has 80 valence electrons. The molecule has 1 aliphatic heterocycles. The van der Waals surface area contributed by atoms with E-state index in [1.807, 2.05) is 24.3 Å². The third-order valence-electron chi connectivity index (χ3n) is 2.58. The van der Waals surface area contributed by atoms with Crippen molar-refractivity contribution in [2.75, 3.05) is 13.7 Å². The highest BCUT2D eigenvalue weighted by Gasteiger charge is 2.32. The number of β-lactam (4-membered cyclic amide) rings is 1. The fourth-order valence-electron chi connectivity index (χ4n) is 1.62. The van der Waals surface area contributed by atoms with E-state index in [1.165, 1.54) is 0 Å². The van der Waals surface area contributed by atoms with E-state index >= 15 is 0 Å². The second-order valence-corrected chi connectivity index (χ2v) is 3.67. The summed E-state index contributed by atoms with van der Waals surface area (Å²) in [5.41, 5.74) is 6.59. The van der Waals surface area contributed by atoms with Crippen LogP contribution in [-0.4, -0.2) is 30.5 Å². The highest BCUT2D eigenvalue weighted by Crippen LogP contribution is 2.16. The number of hydrogen-bond acceptors (Lipinski definition) is 3. The molecule has 1 saturated heterocycles. The molecule has 1 atom stereocenters. The number of amides is 1. The fourth-order valence-corrected chi connectivity index (χ4v) is 1.62. The summed E-state index contributed by atoms with van der Waals surface area (Å²) in [4.78, 5) is 13.0. The van der Waals surface area contributed by atoms with E-state index in [-0.39, 0.29) is 11.9 Å². The van der Waals surface area contributed by atoms with E-state index in [9.17, 15) is 4.79 Å². The lowest BCUT2D eigenvalue weighted by Gasteiger charge is -2.36. The summed E-state index contributed by atoms with van der Waals surface area (Å²) in [6.07, 6.45) is 0. The van der Waals surface area contributed by atoms with Gasteiger partial charge in [0.05, 0.1) is 7.11 Å². The van der Waals surface area contributed by atoms with Crippen LogP contribution in [0, 0.1) is 0 Å². The molecular formula is C11H14N2O2. The molecule has 0 aliphatic carbocycles. The minimum Gasteiger partial charge on any atom is -0.497 e. The summed E-state index contributed by atoms with van der Waals surface area (Å²) in [5.74, 6) is 0.858. The molecule has 1 amide bonds. The maximum Gasteiger partial charge on any atom is 0.241 e. The number of carbonyl (C=O) groups is 1. The molecule has 2 N–H and O–H groups in total. The van der Waals surface area contributed by atoms with Crippen LogP contribution >= 0.6 is 0 Å². The molecule has 1 fully saturated rings. The van der Waals surface area contributed by atoms with Crippen molar-refractivity contribution in [3.8, 4) is 5.75 Å². The van der Waals surface area contributed by atoms with E-state index < -0.39 is 0 Å². The monoisotopic (exact) mass is 206 g/mol. The Labute approximate surface area is 88.6 Å². The molecule has 4 heteroatoms. The zero-order chi connectivity index (χ0) is 10.8. The van der Waals surface area contributed by atoms with Gasteiger partial charge in [0.25, 0.3) is 0 Å². The van der Waals surface area contributed by atoms with Crippen molar-refractivity contribution >= 4 is 5.91 Å². The van der Waals surface area contributed by atoms with Gasteiger partial charge < -0.3 is 15.4 Å². The average Bonchev–Trinajstić information content (AvgIpc) is 2.29. The van der Waals surface area contributed by atoms with E-state index in [2.05, 4.69) is 0 Å². The zero-order valence-corrected chi connectivity index (χ0v) is 8.64. The van der Waals surface area contributed by atoms with Crippen molar-refractivity contribution in [2.24, 2.45) is 5.73 Å². The molecule has 1 aliphatic rings. The van der Waals surface area contributed by atoms with Gasteiger partial charge in [-0.2, -0.15) is 0 Å². The number of hydrogen-bond donors (Lipinski definition) is 1. The summed E-state index contributed by atoms with van der Waals surface area (Å²) in [6.45, 7) is 1.29. The van der Waals surface area contributed by atoms with E-state index in [0.717, 1.165) is 11.3 Å². The second-order valence-electron chi connectivity index (χ2n) is 3.67. The Balaban J connectivity index is 1.97. The first-order valence-electron chi connectivity index (χ1n) is 4.88. The van der Waals surface area contributed by atoms with Crippen molar-refractivity contribution in [2.45, 2.75) is 12.6 Å². The lowest BCUT2D eigenvalue weighted by Crippen LogP contribution is -2.60. The maximum absolute atomic E-state index is 11.3. The van der Waals surface area contributed by atoms with Crippen LogP contribution in [0.4, 0.5) is 0 Å². The number of methoxy groups -OCH3 is 1. The van der Waals surface area contributed by atoms with Crippen molar-refractivity contribution in [1.82, 2.24) is 4.90 Å². The molecule has 0 radical (unpaired) electrons. The summed E-state index contributed by atoms with van der Waals surface area (Å²) in [5, 5.41) is 0. The number of rotatable bonds is 3. The molecule has 1 aromatic rings. The third-order valence-corrected chi connectivity index (χ3v) is 2.58. The second kappa shape index (κ2) is 3.90. The highest BCUT2D eigenvalue weighted by molar-refractivity contribution is 5.87. The Hall–Kier alpha value is -1.55. The Kier molecular flexibility index (Phi) is 2.60. The normalized spacial score (nSPS) is 20.0. The average molecular weight is 206 g/mol. The minimum absolute atomic E-state index is 0.0332. The molecule has 1 aromatic carbocycles. The maximum atomic E-state index is 11.3. The summed E-state index contributed by atoms with van der Waals surface area (Å²) < 4.78 is 5.05. The quantitative estimate of drug-likeness (QED) is 0.727. The summed E-state index contributed by atoms with van der Waals surface area (Å²) in [6, 6.07) is 7.40. The number of nitrogens with two attached hydrogens (primary N) is 1. The Morgan fingerprint density at radius 2 is 2.13 bits per heavy atom. The standard InChI is InChI=1S/C11H14N2O2/c1-15-9-4-2-8(3-5-9)6-13-7-10(12)11(13)14/h2-5,10H,6-7,12H2,1H3. The molecular weight excluding hydrogens is 192 g/mol. The van der Waals surface area contributed by atoms with Gasteiger partial charge in [-0.1, -0.05) is 12.1 Å². The van der Waals surface area contributed by atoms with Gasteiger partial charge in [-0.25, -0.2) is 0 Å². The van der Waals surface area contributed by atoms with Crippen LogP contribution in [0.2, 0.25) is 0 Å². The molecule has 0 aromatic heterocycles. The fraction of sp³-hybridized carbons (Fsp3) is 0.364. The first-order chi connectivity index (χ1) is 7.20. The molecule has 0 spiro atoms. The van der Waals surface area contributed by atoms with Gasteiger partial charge in [-0.05, 0) is 17.7 Å². The smallest absolute Gasteiger partial charge is 0.241 e. The van der Waals surface area contributed by atoms with Crippen molar-refractivity contribution in [3.63, 3.8) is 0 Å². The Morgan fingerprint density at radius 1 is 1.47 bits per heavy atom. The zero-order valence-electron chi connectivity index (χ0n) is 8.64. The molecule has 1 heterocycles. The van der Waals surface area contributed by atoms with Gasteiger partial charge in [0.2, 0.25) is 5.91 Å². The van der Waals surface area contributed by atoms with Crippen molar-refractivity contribution < 1.29 is 9.53 Å². The molecule has 2 rings (SSSR count). The number of carbonyl (C=O) groups excluding carboxylic acids is 1. The van der Waals surface area contributed by atoms with Crippen LogP contribution in [0.25, 0.3) is 0 Å². The van der Waals surface area contributed by atoms with Crippen molar-refractivity contribution in [1.29, 1.82) is 0 Å². The molecule has 0 bridgehead atoms. The van der Waals surface area contributed by atoms with Gasteiger partial charge >= 0.3 is 0 Å². The van der Waals surface area contributed by atoms with E-state index in [4.69, 9.17) is 10.5 Å². The van der Waals surface area contributed by atoms with E-state index in [1.54, 1.807) is 12.0 Å². The predicted molar refractivity (Wildman–Crippen MR) is 56.4 cm³/mol. The largest absolute Gasteiger partial charge is 0.497 e. The van der Waals surface area contributed by atoms with Gasteiger partial charge in [0, 0.05) is 13.1 Å². The lowest BCUT2D eigenvalue weighted by molar-refractivity contribution is -0.143. The Bertz CT molecular complexity index is 361. The Morgan fingerprint density at radius 3 is 2.60 bits per heavy atom. The third kappa shape index (κ3) is 1.94. The first kappa shape index (κ1) is 9.98. The number of benzene rings is 1. The highest BCUT2D eigenvalue weighted by atomic mass is 16.5. The molecule has 15 heavy (non-hydrogen) atoms. The predicted octanol–water partition coefficient (Wildman–Crippen LogP) is 0.365. The van der Waals surface area contributed by atoms with Crippen LogP contribution < -0.4 is 10.5 Å². The van der Waals surface area contributed by atoms with Gasteiger partial charge in [-0.15, -0.1) is 0 Å². The summed E-state index contributed by atoms with van der Waals surface area (Å²) >= 11 is 0. The van der Waals surface area contributed by atoms with E-state index in [0.29, 0.717) is 13.1 Å². The molecule has 0 saturated carbocycles.